The van der Waals surface area contributed by atoms with Crippen molar-refractivity contribution < 1.29 is 9.42 Å². The topological polar surface area (TPSA) is 140 Å². The molecule has 3 aromatic rings. The van der Waals surface area contributed by atoms with E-state index in [1.54, 1.807) is 0 Å². The predicted molar refractivity (Wildman–Crippen MR) is 114 cm³/mol. The van der Waals surface area contributed by atoms with Crippen LogP contribution < -0.4 is 11.2 Å². The van der Waals surface area contributed by atoms with E-state index in [4.69, 9.17) is 5.73 Å². The molecule has 0 bridgehead atoms. The van der Waals surface area contributed by atoms with Crippen molar-refractivity contribution in [3.63, 3.8) is 0 Å². The number of likely N-dealkylation sites (tertiary alicyclic amines) is 1. The van der Waals surface area contributed by atoms with Crippen molar-refractivity contribution in [2.24, 2.45) is 5.10 Å². The summed E-state index contributed by atoms with van der Waals surface area (Å²) in [6, 6.07) is 7.89. The fourth-order valence-electron chi connectivity index (χ4n) is 3.51. The first-order chi connectivity index (χ1) is 15.0. The van der Waals surface area contributed by atoms with E-state index in [-0.39, 0.29) is 17.3 Å². The molecule has 0 unspecified atom stereocenters. The molecule has 1 fully saturated rings. The van der Waals surface area contributed by atoms with Gasteiger partial charge in [0.2, 0.25) is 11.6 Å². The number of nitrogens with one attached hydrogen (secondary N) is 1. The van der Waals surface area contributed by atoms with Crippen LogP contribution in [0.5, 0.6) is 0 Å². The molecule has 11 heteroatoms. The highest BCUT2D eigenvalue weighted by atomic mass is 16.6. The zero-order valence-electron chi connectivity index (χ0n) is 17.6. The maximum absolute atomic E-state index is 13.1. The van der Waals surface area contributed by atoms with Gasteiger partial charge in [0.05, 0.1) is 5.71 Å². The van der Waals surface area contributed by atoms with Gasteiger partial charge < -0.3 is 5.73 Å². The maximum atomic E-state index is 13.1. The van der Waals surface area contributed by atoms with Gasteiger partial charge in [-0.25, -0.2) is 10.1 Å². The molecule has 1 aromatic carbocycles. The maximum Gasteiger partial charge on any atom is 0.292 e. The zero-order valence-corrected chi connectivity index (χ0v) is 17.6. The molecule has 3 N–H and O–H groups in total. The van der Waals surface area contributed by atoms with E-state index in [2.05, 4.69) is 40.7 Å². The van der Waals surface area contributed by atoms with Gasteiger partial charge in [-0.05, 0) is 55.7 Å². The second-order valence-electron chi connectivity index (χ2n) is 7.61. The van der Waals surface area contributed by atoms with Crippen LogP contribution in [0.1, 0.15) is 53.5 Å². The number of carbonyl (C=O) groups excluding carboxylic acids is 1. The number of benzene rings is 1. The highest BCUT2D eigenvalue weighted by Gasteiger charge is 2.26. The molecule has 0 radical (unpaired) electrons. The Morgan fingerprint density at radius 2 is 1.94 bits per heavy atom. The van der Waals surface area contributed by atoms with E-state index in [9.17, 15) is 4.79 Å². The summed E-state index contributed by atoms with van der Waals surface area (Å²) < 4.78 is 5.92. The van der Waals surface area contributed by atoms with Crippen LogP contribution in [0.25, 0.3) is 5.82 Å². The number of nitrogens with zero attached hydrogens (tertiary/aromatic N) is 7. The smallest absolute Gasteiger partial charge is 0.292 e. The first-order valence-corrected chi connectivity index (χ1v) is 10.2. The van der Waals surface area contributed by atoms with Gasteiger partial charge in [-0.2, -0.15) is 9.78 Å². The third-order valence-electron chi connectivity index (χ3n) is 5.27. The molecule has 11 nitrogen and oxygen atoms in total. The third-order valence-corrected chi connectivity index (χ3v) is 5.27. The summed E-state index contributed by atoms with van der Waals surface area (Å²) >= 11 is 0. The van der Waals surface area contributed by atoms with Gasteiger partial charge in [0, 0.05) is 6.54 Å². The molecule has 1 aliphatic heterocycles. The molecular weight excluding hydrogens is 398 g/mol. The summed E-state index contributed by atoms with van der Waals surface area (Å²) in [5.74, 6) is -0.338. The Hall–Kier alpha value is -3.60. The lowest BCUT2D eigenvalue weighted by atomic mass is 10.1. The number of hydrogen-bond acceptors (Lipinski definition) is 9. The first-order valence-electron chi connectivity index (χ1n) is 10.2. The number of rotatable bonds is 6. The van der Waals surface area contributed by atoms with Gasteiger partial charge >= 0.3 is 0 Å². The molecule has 0 atom stereocenters. The number of nitrogen functional groups attached to an aromatic ring is 1. The molecule has 3 heterocycles. The molecule has 1 amide bonds. The Kier molecular flexibility index (Phi) is 6.03. The number of nitrogens with two attached hydrogens (primary N) is 1. The monoisotopic (exact) mass is 423 g/mol. The van der Waals surface area contributed by atoms with Gasteiger partial charge in [-0.1, -0.05) is 41.5 Å². The lowest BCUT2D eigenvalue weighted by Crippen LogP contribution is -2.31. The van der Waals surface area contributed by atoms with Crippen molar-refractivity contribution >= 4 is 17.4 Å². The molecule has 0 spiro atoms. The lowest BCUT2D eigenvalue weighted by molar-refractivity contribution is 0.0944. The van der Waals surface area contributed by atoms with Crippen LogP contribution in [-0.2, 0) is 6.54 Å². The number of piperidine rings is 1. The minimum Gasteiger partial charge on any atom is -0.378 e. The molecule has 0 aliphatic carbocycles. The van der Waals surface area contributed by atoms with Gasteiger partial charge in [0.25, 0.3) is 5.91 Å². The highest BCUT2D eigenvalue weighted by Crippen LogP contribution is 2.19. The predicted octanol–water partition coefficient (Wildman–Crippen LogP) is 1.68. The minimum absolute atomic E-state index is 0.0165. The second kappa shape index (κ2) is 9.04. The number of anilines is 1. The van der Waals surface area contributed by atoms with Crippen molar-refractivity contribution in [1.82, 2.24) is 35.6 Å². The normalized spacial score (nSPS) is 15.2. The average molecular weight is 423 g/mol. The van der Waals surface area contributed by atoms with Gasteiger partial charge in [-0.15, -0.1) is 5.10 Å². The number of hydrazone groups is 1. The molecule has 0 saturated carbocycles. The van der Waals surface area contributed by atoms with Crippen molar-refractivity contribution in [3.05, 3.63) is 46.8 Å². The molecule has 162 valence electrons. The summed E-state index contributed by atoms with van der Waals surface area (Å²) in [6.07, 6.45) is 3.45. The third kappa shape index (κ3) is 4.61. The SMILES string of the molecule is C/C(=N\NC(=O)c1c(CN2CCCCC2)nnn1-c1nonc1N)c1ccc(C)cc1. The van der Waals surface area contributed by atoms with Crippen LogP contribution in [0.15, 0.2) is 34.0 Å². The number of hydrogen-bond donors (Lipinski definition) is 2. The zero-order chi connectivity index (χ0) is 21.8. The van der Waals surface area contributed by atoms with Crippen LogP contribution >= 0.6 is 0 Å². The summed E-state index contributed by atoms with van der Waals surface area (Å²) in [4.78, 5) is 15.4. The largest absolute Gasteiger partial charge is 0.378 e. The fraction of sp³-hybridized carbons (Fsp3) is 0.400. The first kappa shape index (κ1) is 20.7. The molecule has 1 saturated heterocycles. The summed E-state index contributed by atoms with van der Waals surface area (Å²) in [5.41, 5.74) is 11.9. The molecule has 2 aromatic heterocycles. The van der Waals surface area contributed by atoms with Gasteiger partial charge in [0.15, 0.2) is 5.69 Å². The van der Waals surface area contributed by atoms with Crippen molar-refractivity contribution in [3.8, 4) is 5.82 Å². The van der Waals surface area contributed by atoms with E-state index in [1.165, 1.54) is 11.1 Å². The van der Waals surface area contributed by atoms with E-state index in [0.717, 1.165) is 37.1 Å². The fourth-order valence-corrected chi connectivity index (χ4v) is 3.51. The minimum atomic E-state index is -0.467. The van der Waals surface area contributed by atoms with Crippen LogP contribution in [0.3, 0.4) is 0 Å². The molecule has 4 rings (SSSR count). The van der Waals surface area contributed by atoms with Crippen molar-refractivity contribution in [1.29, 1.82) is 0 Å². The Morgan fingerprint density at radius 3 is 2.61 bits per heavy atom. The van der Waals surface area contributed by atoms with Crippen LogP contribution in [-0.4, -0.2) is 54.9 Å². The van der Waals surface area contributed by atoms with Crippen molar-refractivity contribution in [2.75, 3.05) is 18.8 Å². The standard InChI is InChI=1S/C20H25N9O2/c1-13-6-8-15(9-7-13)14(2)22-24-20(30)17-16(12-28-10-4-3-5-11-28)23-27-29(17)19-18(21)25-31-26-19/h6-9H,3-5,10-12H2,1-2H3,(H2,21,25)(H,24,30)/b22-14+. The van der Waals surface area contributed by atoms with Crippen LogP contribution in [0, 0.1) is 6.92 Å². The van der Waals surface area contributed by atoms with Gasteiger partial charge in [-0.3, -0.25) is 9.69 Å². The number of aromatic nitrogens is 5. The number of carbonyl (C=O) groups is 1. The summed E-state index contributed by atoms with van der Waals surface area (Å²) in [6.45, 7) is 6.24. The van der Waals surface area contributed by atoms with E-state index in [1.807, 2.05) is 38.1 Å². The summed E-state index contributed by atoms with van der Waals surface area (Å²) in [5, 5.41) is 19.9. The molecule has 1 aliphatic rings. The second-order valence-corrected chi connectivity index (χ2v) is 7.61. The van der Waals surface area contributed by atoms with Crippen LogP contribution in [0.2, 0.25) is 0 Å². The van der Waals surface area contributed by atoms with E-state index >= 15 is 0 Å². The number of aryl methyl sites for hydroxylation is 1. The number of amides is 1. The van der Waals surface area contributed by atoms with Crippen LogP contribution in [0.4, 0.5) is 5.82 Å². The van der Waals surface area contributed by atoms with E-state index in [0.29, 0.717) is 18.0 Å². The van der Waals surface area contributed by atoms with Gasteiger partial charge in [0.1, 0.15) is 5.69 Å². The molecule has 31 heavy (non-hydrogen) atoms. The molecular formula is C20H25N9O2. The lowest BCUT2D eigenvalue weighted by Gasteiger charge is -2.25. The Morgan fingerprint density at radius 1 is 1.19 bits per heavy atom. The highest BCUT2D eigenvalue weighted by molar-refractivity contribution is 6.00. The summed E-state index contributed by atoms with van der Waals surface area (Å²) in [7, 11) is 0. The Bertz CT molecular complexity index is 1080. The van der Waals surface area contributed by atoms with E-state index < -0.39 is 5.91 Å². The Labute approximate surface area is 179 Å². The van der Waals surface area contributed by atoms with Crippen molar-refractivity contribution in [2.45, 2.75) is 39.7 Å². The average Bonchev–Trinajstić information content (AvgIpc) is 3.38. The quantitative estimate of drug-likeness (QED) is 0.451. The Balaban J connectivity index is 1.61.